The maximum Gasteiger partial charge on any atom is 0.251 e. The highest BCUT2D eigenvalue weighted by Gasteiger charge is 2.23. The lowest BCUT2D eigenvalue weighted by Gasteiger charge is -2.03. The molecule has 0 spiro atoms. The van der Waals surface area contributed by atoms with Crippen molar-refractivity contribution in [3.63, 3.8) is 0 Å². The SMILES string of the molecule is C#CCNC(=O)/C=C/c1ccc(C(=O)NC2CC2)cc1. The van der Waals surface area contributed by atoms with Crippen LogP contribution in [0.3, 0.4) is 0 Å². The second-order valence-electron chi connectivity index (χ2n) is 4.63. The molecule has 0 radical (unpaired) electrons. The highest BCUT2D eigenvalue weighted by atomic mass is 16.2. The van der Waals surface area contributed by atoms with Gasteiger partial charge < -0.3 is 10.6 Å². The maximum atomic E-state index is 11.8. The van der Waals surface area contributed by atoms with Gasteiger partial charge in [0.1, 0.15) is 0 Å². The lowest BCUT2D eigenvalue weighted by Crippen LogP contribution is -2.25. The van der Waals surface area contributed by atoms with Gasteiger partial charge in [-0.1, -0.05) is 18.1 Å². The summed E-state index contributed by atoms with van der Waals surface area (Å²) in [5.74, 6) is 2.04. The Hall–Kier alpha value is -2.54. The number of rotatable bonds is 5. The highest BCUT2D eigenvalue weighted by Crippen LogP contribution is 2.19. The van der Waals surface area contributed by atoms with E-state index < -0.39 is 0 Å². The fourth-order valence-corrected chi connectivity index (χ4v) is 1.61. The van der Waals surface area contributed by atoms with Crippen molar-refractivity contribution >= 4 is 17.9 Å². The summed E-state index contributed by atoms with van der Waals surface area (Å²) in [4.78, 5) is 23.1. The van der Waals surface area contributed by atoms with Gasteiger partial charge in [0.05, 0.1) is 6.54 Å². The lowest BCUT2D eigenvalue weighted by atomic mass is 10.1. The number of hydrogen-bond acceptors (Lipinski definition) is 2. The molecule has 1 fully saturated rings. The number of hydrogen-bond donors (Lipinski definition) is 2. The summed E-state index contributed by atoms with van der Waals surface area (Å²) in [7, 11) is 0. The minimum Gasteiger partial charge on any atom is -0.349 e. The van der Waals surface area contributed by atoms with Crippen LogP contribution in [0.15, 0.2) is 30.3 Å². The molecule has 1 aliphatic carbocycles. The number of nitrogens with one attached hydrogen (secondary N) is 2. The van der Waals surface area contributed by atoms with E-state index in [2.05, 4.69) is 16.6 Å². The third kappa shape index (κ3) is 4.29. The molecule has 0 saturated heterocycles. The second-order valence-corrected chi connectivity index (χ2v) is 4.63. The van der Waals surface area contributed by atoms with Crippen molar-refractivity contribution in [1.29, 1.82) is 0 Å². The van der Waals surface area contributed by atoms with Gasteiger partial charge in [0, 0.05) is 17.7 Å². The van der Waals surface area contributed by atoms with E-state index in [1.165, 1.54) is 6.08 Å². The molecule has 0 atom stereocenters. The number of carbonyl (C=O) groups excluding carboxylic acids is 2. The van der Waals surface area contributed by atoms with Crippen LogP contribution in [-0.4, -0.2) is 24.4 Å². The minimum atomic E-state index is -0.237. The first-order valence-electron chi connectivity index (χ1n) is 6.49. The Morgan fingerprint density at radius 3 is 2.60 bits per heavy atom. The summed E-state index contributed by atoms with van der Waals surface area (Å²) < 4.78 is 0. The maximum absolute atomic E-state index is 11.8. The Bertz CT molecular complexity index is 563. The molecule has 102 valence electrons. The van der Waals surface area contributed by atoms with Crippen molar-refractivity contribution in [3.8, 4) is 12.3 Å². The first-order chi connectivity index (χ1) is 9.69. The fourth-order valence-electron chi connectivity index (χ4n) is 1.61. The van der Waals surface area contributed by atoms with Gasteiger partial charge in [0.25, 0.3) is 5.91 Å². The van der Waals surface area contributed by atoms with Crippen molar-refractivity contribution in [2.45, 2.75) is 18.9 Å². The Labute approximate surface area is 118 Å². The number of terminal acetylenes is 1. The molecule has 2 amide bonds. The van der Waals surface area contributed by atoms with E-state index in [1.54, 1.807) is 30.3 Å². The van der Waals surface area contributed by atoms with Crippen LogP contribution in [-0.2, 0) is 4.79 Å². The van der Waals surface area contributed by atoms with Gasteiger partial charge in [0.15, 0.2) is 0 Å². The second kappa shape index (κ2) is 6.58. The zero-order valence-corrected chi connectivity index (χ0v) is 11.1. The van der Waals surface area contributed by atoms with Gasteiger partial charge in [-0.25, -0.2) is 0 Å². The average molecular weight is 268 g/mol. The Kier molecular flexibility index (Phi) is 4.56. The Balaban J connectivity index is 1.90. The van der Waals surface area contributed by atoms with Gasteiger partial charge in [-0.05, 0) is 36.6 Å². The first-order valence-corrected chi connectivity index (χ1v) is 6.49. The molecule has 20 heavy (non-hydrogen) atoms. The molecule has 0 heterocycles. The van der Waals surface area contributed by atoms with E-state index in [1.807, 2.05) is 0 Å². The zero-order valence-electron chi connectivity index (χ0n) is 11.1. The Morgan fingerprint density at radius 2 is 2.00 bits per heavy atom. The van der Waals surface area contributed by atoms with E-state index in [-0.39, 0.29) is 18.4 Å². The van der Waals surface area contributed by atoms with E-state index in [0.717, 1.165) is 18.4 Å². The summed E-state index contributed by atoms with van der Waals surface area (Å²) in [5, 5.41) is 5.46. The number of benzene rings is 1. The third-order valence-electron chi connectivity index (χ3n) is 2.88. The molecule has 2 rings (SSSR count). The van der Waals surface area contributed by atoms with Crippen molar-refractivity contribution in [2.24, 2.45) is 0 Å². The summed E-state index contributed by atoms with van der Waals surface area (Å²) in [5.41, 5.74) is 1.48. The molecule has 0 aromatic heterocycles. The van der Waals surface area contributed by atoms with Gasteiger partial charge >= 0.3 is 0 Å². The molecule has 2 N–H and O–H groups in total. The smallest absolute Gasteiger partial charge is 0.251 e. The van der Waals surface area contributed by atoms with Crippen LogP contribution in [0.4, 0.5) is 0 Å². The predicted molar refractivity (Wildman–Crippen MR) is 77.8 cm³/mol. The normalized spacial score (nSPS) is 13.8. The number of amides is 2. The molecule has 4 heteroatoms. The standard InChI is InChI=1S/C16H16N2O2/c1-2-11-17-15(19)10-5-12-3-6-13(7-4-12)16(20)18-14-8-9-14/h1,3-7,10,14H,8-9,11H2,(H,17,19)(H,18,20)/b10-5+. The largest absolute Gasteiger partial charge is 0.349 e. The summed E-state index contributed by atoms with van der Waals surface area (Å²) >= 11 is 0. The van der Waals surface area contributed by atoms with E-state index in [9.17, 15) is 9.59 Å². The molecular formula is C16H16N2O2. The lowest BCUT2D eigenvalue weighted by molar-refractivity contribution is -0.116. The molecular weight excluding hydrogens is 252 g/mol. The van der Waals surface area contributed by atoms with E-state index in [4.69, 9.17) is 6.42 Å². The molecule has 1 aromatic carbocycles. The minimum absolute atomic E-state index is 0.0465. The molecule has 0 aliphatic heterocycles. The van der Waals surface area contributed by atoms with Crippen molar-refractivity contribution < 1.29 is 9.59 Å². The summed E-state index contributed by atoms with van der Waals surface area (Å²) in [6.45, 7) is 0.212. The predicted octanol–water partition coefficient (Wildman–Crippen LogP) is 1.34. The fraction of sp³-hybridized carbons (Fsp3) is 0.250. The van der Waals surface area contributed by atoms with Crippen LogP contribution in [0.25, 0.3) is 6.08 Å². The molecule has 1 aliphatic rings. The van der Waals surface area contributed by atoms with Crippen LogP contribution in [0, 0.1) is 12.3 Å². The average Bonchev–Trinajstić information content (AvgIpc) is 3.27. The first kappa shape index (κ1) is 13.9. The summed E-state index contributed by atoms with van der Waals surface area (Å²) in [6, 6.07) is 7.44. The van der Waals surface area contributed by atoms with Gasteiger partial charge in [-0.15, -0.1) is 6.42 Å². The third-order valence-corrected chi connectivity index (χ3v) is 2.88. The van der Waals surface area contributed by atoms with Crippen molar-refractivity contribution in [3.05, 3.63) is 41.5 Å². The summed E-state index contributed by atoms with van der Waals surface area (Å²) in [6.07, 6.45) is 10.3. The van der Waals surface area contributed by atoms with Crippen molar-refractivity contribution in [2.75, 3.05) is 6.54 Å². The number of carbonyl (C=O) groups is 2. The molecule has 0 bridgehead atoms. The molecule has 1 saturated carbocycles. The molecule has 1 aromatic rings. The molecule has 0 unspecified atom stereocenters. The van der Waals surface area contributed by atoms with Crippen LogP contribution >= 0.6 is 0 Å². The molecule has 4 nitrogen and oxygen atoms in total. The van der Waals surface area contributed by atoms with E-state index in [0.29, 0.717) is 11.6 Å². The van der Waals surface area contributed by atoms with Crippen LogP contribution in [0.1, 0.15) is 28.8 Å². The van der Waals surface area contributed by atoms with Crippen LogP contribution in [0.5, 0.6) is 0 Å². The zero-order chi connectivity index (χ0) is 14.4. The monoisotopic (exact) mass is 268 g/mol. The van der Waals surface area contributed by atoms with E-state index >= 15 is 0 Å². The van der Waals surface area contributed by atoms with Crippen molar-refractivity contribution in [1.82, 2.24) is 10.6 Å². The quantitative estimate of drug-likeness (QED) is 0.625. The highest BCUT2D eigenvalue weighted by molar-refractivity contribution is 5.95. The van der Waals surface area contributed by atoms with Crippen LogP contribution in [0.2, 0.25) is 0 Å². The van der Waals surface area contributed by atoms with Crippen LogP contribution < -0.4 is 10.6 Å². The topological polar surface area (TPSA) is 58.2 Å². The van der Waals surface area contributed by atoms with Gasteiger partial charge in [-0.2, -0.15) is 0 Å². The van der Waals surface area contributed by atoms with Gasteiger partial charge in [-0.3, -0.25) is 9.59 Å². The van der Waals surface area contributed by atoms with Gasteiger partial charge in [0.2, 0.25) is 5.91 Å². The Morgan fingerprint density at radius 1 is 1.30 bits per heavy atom.